The Morgan fingerprint density at radius 3 is 3.09 bits per heavy atom. The Hall–Kier alpha value is -2.44. The molecule has 2 amide bonds. The number of imidazole rings is 1. The number of nitrogens with zero attached hydrogens (tertiary/aromatic N) is 5. The Bertz CT molecular complexity index is 626. The van der Waals surface area contributed by atoms with Gasteiger partial charge in [-0.1, -0.05) is 6.92 Å². The number of hydrogen-bond acceptors (Lipinski definition) is 4. The molecule has 1 atom stereocenters. The average molecular weight is 300 g/mol. The van der Waals surface area contributed by atoms with Crippen molar-refractivity contribution >= 4 is 11.8 Å². The monoisotopic (exact) mass is 300 g/mol. The molecule has 1 unspecified atom stereocenters. The van der Waals surface area contributed by atoms with Crippen molar-refractivity contribution in [3.05, 3.63) is 36.8 Å². The molecule has 0 radical (unpaired) electrons. The molecule has 0 bridgehead atoms. The minimum Gasteiger partial charge on any atom is -0.330 e. The lowest BCUT2D eigenvalue weighted by Gasteiger charge is -2.34. The van der Waals surface area contributed by atoms with E-state index in [1.165, 1.54) is 6.33 Å². The summed E-state index contributed by atoms with van der Waals surface area (Å²) < 4.78 is 2.20. The van der Waals surface area contributed by atoms with Crippen LogP contribution in [0.2, 0.25) is 0 Å². The van der Waals surface area contributed by atoms with E-state index in [0.29, 0.717) is 18.4 Å². The normalized spacial score (nSPS) is 18.2. The van der Waals surface area contributed by atoms with E-state index in [1.54, 1.807) is 12.3 Å². The van der Waals surface area contributed by atoms with Crippen LogP contribution in [-0.4, -0.2) is 43.5 Å². The van der Waals surface area contributed by atoms with Crippen LogP contribution in [0.5, 0.6) is 0 Å². The maximum atomic E-state index is 12.4. The van der Waals surface area contributed by atoms with Crippen molar-refractivity contribution in [1.29, 1.82) is 0 Å². The van der Waals surface area contributed by atoms with Gasteiger partial charge in [-0.15, -0.1) is 0 Å². The quantitative estimate of drug-likeness (QED) is 0.942. The molecule has 22 heavy (non-hydrogen) atoms. The maximum absolute atomic E-state index is 12.4. The number of likely N-dealkylation sites (tertiary alicyclic amines) is 1. The third kappa shape index (κ3) is 3.08. The van der Waals surface area contributed by atoms with Crippen molar-refractivity contribution in [2.75, 3.05) is 18.4 Å². The fourth-order valence-electron chi connectivity index (χ4n) is 2.87. The molecule has 2 aromatic heterocycles. The summed E-state index contributed by atoms with van der Waals surface area (Å²) in [5.74, 6) is 1.60. The predicted octanol–water partition coefficient (Wildman–Crippen LogP) is 2.10. The van der Waals surface area contributed by atoms with E-state index in [4.69, 9.17) is 0 Å². The largest absolute Gasteiger partial charge is 0.330 e. The minimum absolute atomic E-state index is 0.110. The standard InChI is InChI=1S/C15H20N6O/c1-2-14-17-7-9-21(14)12-4-3-8-20(10-12)15(22)19-13-5-6-16-11-18-13/h5-7,9,11-12H,2-4,8,10H2,1H3,(H,16,18,19,22). The van der Waals surface area contributed by atoms with Crippen LogP contribution in [0.3, 0.4) is 0 Å². The molecule has 3 heterocycles. The zero-order valence-corrected chi connectivity index (χ0v) is 12.6. The summed E-state index contributed by atoms with van der Waals surface area (Å²) in [6.45, 7) is 3.56. The molecule has 2 aromatic rings. The van der Waals surface area contributed by atoms with Gasteiger partial charge in [-0.05, 0) is 18.9 Å². The third-order valence-corrected chi connectivity index (χ3v) is 3.96. The number of nitrogens with one attached hydrogen (secondary N) is 1. The second-order valence-corrected chi connectivity index (χ2v) is 5.37. The highest BCUT2D eigenvalue weighted by Crippen LogP contribution is 2.23. The van der Waals surface area contributed by atoms with Crippen molar-refractivity contribution in [3.8, 4) is 0 Å². The first-order valence-electron chi connectivity index (χ1n) is 7.61. The molecule has 0 aliphatic carbocycles. The summed E-state index contributed by atoms with van der Waals surface area (Å²) >= 11 is 0. The molecule has 0 spiro atoms. The van der Waals surface area contributed by atoms with Crippen LogP contribution in [0.1, 0.15) is 31.6 Å². The van der Waals surface area contributed by atoms with Gasteiger partial charge in [0.2, 0.25) is 0 Å². The van der Waals surface area contributed by atoms with Gasteiger partial charge in [-0.3, -0.25) is 5.32 Å². The van der Waals surface area contributed by atoms with Gasteiger partial charge in [0, 0.05) is 38.1 Å². The van der Waals surface area contributed by atoms with Gasteiger partial charge >= 0.3 is 6.03 Å². The molecule has 1 aliphatic heterocycles. The fourth-order valence-corrected chi connectivity index (χ4v) is 2.87. The molecule has 116 valence electrons. The van der Waals surface area contributed by atoms with E-state index in [-0.39, 0.29) is 6.03 Å². The molecule has 3 rings (SSSR count). The smallest absolute Gasteiger partial charge is 0.323 e. The Morgan fingerprint density at radius 1 is 1.41 bits per heavy atom. The number of aryl methyl sites for hydroxylation is 1. The number of hydrogen-bond donors (Lipinski definition) is 1. The average Bonchev–Trinajstić information content (AvgIpc) is 3.04. The third-order valence-electron chi connectivity index (χ3n) is 3.96. The second-order valence-electron chi connectivity index (χ2n) is 5.37. The summed E-state index contributed by atoms with van der Waals surface area (Å²) in [4.78, 5) is 26.5. The van der Waals surface area contributed by atoms with Crippen LogP contribution in [-0.2, 0) is 6.42 Å². The number of urea groups is 1. The Labute approximate surface area is 129 Å². The van der Waals surface area contributed by atoms with Crippen LogP contribution in [0, 0.1) is 0 Å². The summed E-state index contributed by atoms with van der Waals surface area (Å²) in [5, 5.41) is 2.82. The van der Waals surface area contributed by atoms with Gasteiger partial charge in [-0.2, -0.15) is 0 Å². The van der Waals surface area contributed by atoms with E-state index in [1.807, 2.05) is 17.3 Å². The van der Waals surface area contributed by atoms with Crippen LogP contribution in [0.15, 0.2) is 31.0 Å². The Kier molecular flexibility index (Phi) is 4.32. The lowest BCUT2D eigenvalue weighted by atomic mass is 10.1. The fraction of sp³-hybridized carbons (Fsp3) is 0.467. The molecule has 7 heteroatoms. The van der Waals surface area contributed by atoms with Gasteiger partial charge < -0.3 is 9.47 Å². The number of aromatic nitrogens is 4. The zero-order valence-electron chi connectivity index (χ0n) is 12.6. The first-order chi connectivity index (χ1) is 10.8. The molecule has 0 aromatic carbocycles. The van der Waals surface area contributed by atoms with Crippen molar-refractivity contribution < 1.29 is 4.79 Å². The van der Waals surface area contributed by atoms with Crippen molar-refractivity contribution in [3.63, 3.8) is 0 Å². The Balaban J connectivity index is 1.66. The van der Waals surface area contributed by atoms with Crippen LogP contribution in [0.25, 0.3) is 0 Å². The van der Waals surface area contributed by atoms with Crippen molar-refractivity contribution in [2.24, 2.45) is 0 Å². The van der Waals surface area contributed by atoms with Crippen LogP contribution >= 0.6 is 0 Å². The topological polar surface area (TPSA) is 75.9 Å². The number of carbonyl (C=O) groups excluding carboxylic acids is 1. The number of rotatable bonds is 3. The minimum atomic E-state index is -0.110. The summed E-state index contributed by atoms with van der Waals surface area (Å²) in [7, 11) is 0. The van der Waals surface area contributed by atoms with Crippen molar-refractivity contribution in [2.45, 2.75) is 32.2 Å². The highest BCUT2D eigenvalue weighted by atomic mass is 16.2. The molecule has 1 aliphatic rings. The SMILES string of the molecule is CCc1nccn1C1CCCN(C(=O)Nc2ccncn2)C1. The van der Waals surface area contributed by atoms with E-state index in [9.17, 15) is 4.79 Å². The lowest BCUT2D eigenvalue weighted by Crippen LogP contribution is -2.43. The van der Waals surface area contributed by atoms with E-state index in [2.05, 4.69) is 31.8 Å². The summed E-state index contributed by atoms with van der Waals surface area (Å²) in [5.41, 5.74) is 0. The second kappa shape index (κ2) is 6.55. The lowest BCUT2D eigenvalue weighted by molar-refractivity contribution is 0.178. The molecule has 1 N–H and O–H groups in total. The zero-order chi connectivity index (χ0) is 15.4. The highest BCUT2D eigenvalue weighted by molar-refractivity contribution is 5.88. The first kappa shape index (κ1) is 14.5. The molecule has 0 saturated carbocycles. The molecular weight excluding hydrogens is 280 g/mol. The van der Waals surface area contributed by atoms with Gasteiger partial charge in [0.15, 0.2) is 0 Å². The molecule has 7 nitrogen and oxygen atoms in total. The van der Waals surface area contributed by atoms with Gasteiger partial charge in [0.25, 0.3) is 0 Å². The number of amides is 2. The van der Waals surface area contributed by atoms with Gasteiger partial charge in [0.1, 0.15) is 18.0 Å². The predicted molar refractivity (Wildman–Crippen MR) is 82.5 cm³/mol. The van der Waals surface area contributed by atoms with E-state index in [0.717, 1.165) is 31.6 Å². The van der Waals surface area contributed by atoms with E-state index < -0.39 is 0 Å². The summed E-state index contributed by atoms with van der Waals surface area (Å²) in [6.07, 6.45) is 9.84. The number of piperidine rings is 1. The molecule has 1 fully saturated rings. The van der Waals surface area contributed by atoms with Gasteiger partial charge in [0.05, 0.1) is 6.04 Å². The highest BCUT2D eigenvalue weighted by Gasteiger charge is 2.25. The van der Waals surface area contributed by atoms with Crippen LogP contribution in [0.4, 0.5) is 10.6 Å². The summed E-state index contributed by atoms with van der Waals surface area (Å²) in [6, 6.07) is 1.87. The van der Waals surface area contributed by atoms with Crippen molar-refractivity contribution in [1.82, 2.24) is 24.4 Å². The van der Waals surface area contributed by atoms with Gasteiger partial charge in [-0.25, -0.2) is 19.7 Å². The number of anilines is 1. The number of carbonyl (C=O) groups is 1. The Morgan fingerprint density at radius 2 is 2.32 bits per heavy atom. The first-order valence-corrected chi connectivity index (χ1v) is 7.61. The maximum Gasteiger partial charge on any atom is 0.323 e. The molecule has 1 saturated heterocycles. The van der Waals surface area contributed by atoms with E-state index >= 15 is 0 Å². The molecular formula is C15H20N6O. The van der Waals surface area contributed by atoms with Crippen LogP contribution < -0.4 is 5.32 Å².